The van der Waals surface area contributed by atoms with Crippen molar-refractivity contribution in [3.05, 3.63) is 0 Å². The van der Waals surface area contributed by atoms with Crippen LogP contribution in [0.15, 0.2) is 0 Å². The monoisotopic (exact) mass is 135 g/mol. The largest absolute Gasteiger partial charge is 0.193 e. The van der Waals surface area contributed by atoms with Gasteiger partial charge in [-0.3, -0.25) is 0 Å². The molecule has 56 valence electrons. The molecule has 0 spiro atoms. The highest BCUT2D eigenvalue weighted by Crippen LogP contribution is 2.10. The molecule has 0 aromatic carbocycles. The van der Waals surface area contributed by atoms with Crippen LogP contribution in [-0.4, -0.2) is 10.8 Å². The van der Waals surface area contributed by atoms with E-state index in [1.165, 1.54) is 0 Å². The Bertz CT molecular complexity index is 76.4. The third kappa shape index (κ3) is 2.73. The number of nitrogens with two attached hydrogens (primary N) is 2. The summed E-state index contributed by atoms with van der Waals surface area (Å²) in [5, 5.41) is 0.993. The van der Waals surface area contributed by atoms with Crippen molar-refractivity contribution in [1.82, 2.24) is 5.23 Å². The second kappa shape index (κ2) is 3.09. The van der Waals surface area contributed by atoms with Gasteiger partial charge in [0.05, 0.1) is 5.54 Å². The van der Waals surface area contributed by atoms with Crippen molar-refractivity contribution in [3.63, 3.8) is 0 Å². The summed E-state index contributed by atoms with van der Waals surface area (Å²) in [5.74, 6) is 9.58. The summed E-state index contributed by atoms with van der Waals surface area (Å²) in [4.78, 5) is 8.50. The van der Waals surface area contributed by atoms with Crippen LogP contribution in [0, 0.1) is 0 Å². The van der Waals surface area contributed by atoms with Gasteiger partial charge in [-0.2, -0.15) is 21.7 Å². The van der Waals surface area contributed by atoms with E-state index in [1.807, 2.05) is 20.8 Å². The Balaban J connectivity index is 3.79. The smallest absolute Gasteiger partial charge is 0.0691 e. The van der Waals surface area contributed by atoms with Crippen LogP contribution in [0.5, 0.6) is 0 Å². The van der Waals surface area contributed by atoms with Gasteiger partial charge in [-0.25, -0.2) is 0 Å². The van der Waals surface area contributed by atoms with E-state index in [-0.39, 0.29) is 5.54 Å². The van der Waals surface area contributed by atoms with Crippen molar-refractivity contribution < 1.29 is 9.88 Å². The Kier molecular flexibility index (Phi) is 3.02. The van der Waals surface area contributed by atoms with Crippen molar-refractivity contribution in [1.29, 1.82) is 0 Å². The molecule has 0 atom stereocenters. The molecule has 0 heterocycles. The first-order valence-electron chi connectivity index (χ1n) is 2.56. The zero-order valence-electron chi connectivity index (χ0n) is 5.92. The van der Waals surface area contributed by atoms with Crippen LogP contribution in [0.2, 0.25) is 0 Å². The van der Waals surface area contributed by atoms with Crippen molar-refractivity contribution in [2.24, 2.45) is 11.8 Å². The molecule has 0 saturated heterocycles. The Morgan fingerprint density at radius 3 is 1.44 bits per heavy atom. The molecule has 0 aromatic heterocycles. The van der Waals surface area contributed by atoms with E-state index >= 15 is 0 Å². The molecule has 0 rings (SSSR count). The van der Waals surface area contributed by atoms with E-state index < -0.39 is 0 Å². The van der Waals surface area contributed by atoms with Gasteiger partial charge in [0.15, 0.2) is 0 Å². The normalized spacial score (nSPS) is 12.7. The summed E-state index contributed by atoms with van der Waals surface area (Å²) in [6.45, 7) is 5.52. The van der Waals surface area contributed by atoms with Gasteiger partial charge >= 0.3 is 0 Å². The molecule has 5 nitrogen and oxygen atoms in total. The molecule has 0 aliphatic rings. The minimum Gasteiger partial charge on any atom is -0.193 e. The number of hydrogen-bond donors (Lipinski definition) is 2. The lowest BCUT2D eigenvalue weighted by molar-refractivity contribution is -0.412. The summed E-state index contributed by atoms with van der Waals surface area (Å²) in [6.07, 6.45) is 0. The average Bonchev–Trinajstić information content (AvgIpc) is 1.65. The van der Waals surface area contributed by atoms with E-state index in [9.17, 15) is 0 Å². The Hall–Kier alpha value is -0.200. The molecule has 0 aliphatic heterocycles. The van der Waals surface area contributed by atoms with E-state index in [2.05, 4.69) is 9.88 Å². The van der Waals surface area contributed by atoms with Crippen LogP contribution in [0.3, 0.4) is 0 Å². The highest BCUT2D eigenvalue weighted by Gasteiger charge is 2.22. The first kappa shape index (κ1) is 8.80. The summed E-state index contributed by atoms with van der Waals surface area (Å²) >= 11 is 0. The zero-order valence-corrected chi connectivity index (χ0v) is 5.92. The third-order valence-electron chi connectivity index (χ3n) is 0.739. The molecule has 9 heavy (non-hydrogen) atoms. The third-order valence-corrected chi connectivity index (χ3v) is 0.739. The van der Waals surface area contributed by atoms with Crippen LogP contribution in [-0.2, 0) is 9.88 Å². The maximum atomic E-state index is 4.79. The second-order valence-electron chi connectivity index (χ2n) is 2.64. The average molecular weight is 135 g/mol. The Morgan fingerprint density at radius 2 is 1.44 bits per heavy atom. The van der Waals surface area contributed by atoms with Crippen LogP contribution in [0.4, 0.5) is 0 Å². The van der Waals surface area contributed by atoms with E-state index in [4.69, 9.17) is 11.8 Å². The van der Waals surface area contributed by atoms with Gasteiger partial charge < -0.3 is 0 Å². The summed E-state index contributed by atoms with van der Waals surface area (Å²) in [7, 11) is 0. The van der Waals surface area contributed by atoms with Crippen LogP contribution >= 0.6 is 0 Å². The lowest BCUT2D eigenvalue weighted by Gasteiger charge is -2.27. The Morgan fingerprint density at radius 1 is 1.11 bits per heavy atom. The van der Waals surface area contributed by atoms with Crippen molar-refractivity contribution in [2.45, 2.75) is 26.3 Å². The van der Waals surface area contributed by atoms with Crippen LogP contribution < -0.4 is 11.8 Å². The first-order chi connectivity index (χ1) is 4.02. The number of hydrogen-bond acceptors (Lipinski definition) is 5. The summed E-state index contributed by atoms with van der Waals surface area (Å²) in [5.41, 5.74) is -0.344. The predicted molar refractivity (Wildman–Crippen MR) is 32.1 cm³/mol. The fraction of sp³-hybridized carbons (Fsp3) is 1.00. The van der Waals surface area contributed by atoms with Gasteiger partial charge in [0.25, 0.3) is 0 Å². The molecule has 0 fully saturated rings. The van der Waals surface area contributed by atoms with E-state index in [0.29, 0.717) is 0 Å². The highest BCUT2D eigenvalue weighted by atomic mass is 17.0. The van der Waals surface area contributed by atoms with Gasteiger partial charge in [0.1, 0.15) is 0 Å². The minimum absolute atomic E-state index is 0.344. The maximum absolute atomic E-state index is 4.79. The standard InChI is InChI=1S/C4H13N3O2/c1-4(2,3)7(8-5)9-6/h5-6H2,1-3H3. The van der Waals surface area contributed by atoms with Crippen LogP contribution in [0.1, 0.15) is 20.8 Å². The SMILES string of the molecule is CC(C)(C)N(ON)ON. The first-order valence-corrected chi connectivity index (χ1v) is 2.56. The molecular weight excluding hydrogens is 122 g/mol. The van der Waals surface area contributed by atoms with Gasteiger partial charge in [-0.15, -0.1) is 0 Å². The molecule has 0 unspecified atom stereocenters. The fourth-order valence-electron chi connectivity index (χ4n) is 0.341. The van der Waals surface area contributed by atoms with Gasteiger partial charge in [0.2, 0.25) is 0 Å². The van der Waals surface area contributed by atoms with Crippen molar-refractivity contribution in [2.75, 3.05) is 0 Å². The predicted octanol–water partition coefficient (Wildman–Crippen LogP) is -0.302. The van der Waals surface area contributed by atoms with Gasteiger partial charge in [-0.1, -0.05) is 0 Å². The molecule has 0 radical (unpaired) electrons. The summed E-state index contributed by atoms with van der Waals surface area (Å²) in [6, 6.07) is 0. The lowest BCUT2D eigenvalue weighted by Crippen LogP contribution is -2.44. The minimum atomic E-state index is -0.344. The maximum Gasteiger partial charge on any atom is 0.0691 e. The second-order valence-corrected chi connectivity index (χ2v) is 2.64. The Labute approximate surface area is 54.3 Å². The molecule has 4 N–H and O–H groups in total. The zero-order chi connectivity index (χ0) is 7.49. The molecule has 5 heteroatoms. The lowest BCUT2D eigenvalue weighted by atomic mass is 10.1. The number of hydroxylamine groups is 2. The molecule has 0 saturated carbocycles. The van der Waals surface area contributed by atoms with Gasteiger partial charge in [-0.05, 0) is 26.0 Å². The fourth-order valence-corrected chi connectivity index (χ4v) is 0.341. The highest BCUT2D eigenvalue weighted by molar-refractivity contribution is 4.62. The molecule has 0 amide bonds. The van der Waals surface area contributed by atoms with Gasteiger partial charge in [0, 0.05) is 0 Å². The molecular formula is C4H13N3O2. The quantitative estimate of drug-likeness (QED) is 0.508. The van der Waals surface area contributed by atoms with E-state index in [1.54, 1.807) is 0 Å². The molecule has 0 aliphatic carbocycles. The topological polar surface area (TPSA) is 73.7 Å². The van der Waals surface area contributed by atoms with Crippen LogP contribution in [0.25, 0.3) is 0 Å². The summed E-state index contributed by atoms with van der Waals surface area (Å²) < 4.78 is 0. The number of rotatable bonds is 2. The van der Waals surface area contributed by atoms with Crippen molar-refractivity contribution >= 4 is 0 Å². The molecule has 0 aromatic rings. The number of nitrogens with zero attached hydrogens (tertiary/aromatic N) is 1. The van der Waals surface area contributed by atoms with Crippen molar-refractivity contribution in [3.8, 4) is 0 Å². The van der Waals surface area contributed by atoms with E-state index in [0.717, 1.165) is 5.23 Å². The molecule has 0 bridgehead atoms.